The van der Waals surface area contributed by atoms with E-state index >= 15 is 0 Å². The number of aryl methyl sites for hydroxylation is 2. The number of rotatable bonds is 5. The van der Waals surface area contributed by atoms with Crippen LogP contribution in [0.5, 0.6) is 0 Å². The number of hydrogen-bond donors (Lipinski definition) is 0. The molecular weight excluding hydrogens is 384 g/mol. The Balaban J connectivity index is 0.00000225. The fourth-order valence-corrected chi connectivity index (χ4v) is 2.78. The van der Waals surface area contributed by atoms with E-state index in [1.165, 1.54) is 11.1 Å². The number of hydrogen-bond acceptors (Lipinski definition) is 0. The Kier molecular flexibility index (Phi) is 7.29. The van der Waals surface area contributed by atoms with Crippen molar-refractivity contribution in [3.63, 3.8) is 0 Å². The maximum Gasteiger partial charge on any atom is 0.131 e. The van der Waals surface area contributed by atoms with Crippen molar-refractivity contribution in [3.05, 3.63) is 96.3 Å². The second-order valence-electron chi connectivity index (χ2n) is 6.03. The average Bonchev–Trinajstić information content (AvgIpc) is 2.61. The van der Waals surface area contributed by atoms with Crippen LogP contribution in [0.3, 0.4) is 0 Å². The maximum atomic E-state index is 14.6. The van der Waals surface area contributed by atoms with Crippen LogP contribution in [0.15, 0.2) is 72.8 Å². The van der Waals surface area contributed by atoms with Crippen LogP contribution in [0, 0.1) is 19.3 Å². The topological polar surface area (TPSA) is 0 Å². The second kappa shape index (κ2) is 9.22. The summed E-state index contributed by atoms with van der Waals surface area (Å²) >= 11 is 0. The van der Waals surface area contributed by atoms with E-state index in [0.29, 0.717) is 5.56 Å². The maximum absolute atomic E-state index is 14.6. The molecule has 0 bridgehead atoms. The molecule has 0 saturated heterocycles. The van der Waals surface area contributed by atoms with Crippen molar-refractivity contribution in [3.8, 4) is 22.3 Å². The number of allylic oxidation sites excluding steroid dienone is 1. The van der Waals surface area contributed by atoms with Crippen LogP contribution < -0.4 is 0 Å². The largest absolute Gasteiger partial charge is 0.518 e. The van der Waals surface area contributed by atoms with E-state index < -0.39 is 0 Å². The van der Waals surface area contributed by atoms with Gasteiger partial charge in [0.05, 0.1) is 0 Å². The molecule has 0 amide bonds. The van der Waals surface area contributed by atoms with Crippen molar-refractivity contribution in [1.82, 2.24) is 0 Å². The first kappa shape index (κ1) is 19.8. The molecule has 0 unspecified atom stereocenters. The molecule has 3 rings (SSSR count). The van der Waals surface area contributed by atoms with Gasteiger partial charge in [0.25, 0.3) is 0 Å². The van der Waals surface area contributed by atoms with Gasteiger partial charge in [-0.05, 0) is 41.7 Å². The van der Waals surface area contributed by atoms with Gasteiger partial charge in [-0.3, -0.25) is 6.08 Å². The molecule has 1 radical (unpaired) electrons. The van der Waals surface area contributed by atoms with Gasteiger partial charge in [0, 0.05) is 38.3 Å². The summed E-state index contributed by atoms with van der Waals surface area (Å²) < 4.78 is 14.6. The monoisotopic (exact) mass is 404 g/mol. The molecule has 0 saturated carbocycles. The SMILES string of the molecule is [CH-]=CCCc1ccc(-c2ccc(-c3ccc(C)cc3)cc2F)cc1.[Y]. The first-order valence-electron chi connectivity index (χ1n) is 8.16. The van der Waals surface area contributed by atoms with E-state index in [-0.39, 0.29) is 38.5 Å². The summed E-state index contributed by atoms with van der Waals surface area (Å²) in [5, 5.41) is 0. The zero-order chi connectivity index (χ0) is 16.9. The van der Waals surface area contributed by atoms with Crippen LogP contribution in [0.4, 0.5) is 4.39 Å². The molecule has 3 aromatic carbocycles. The first-order valence-corrected chi connectivity index (χ1v) is 8.16. The summed E-state index contributed by atoms with van der Waals surface area (Å²) in [4.78, 5) is 0. The molecule has 0 N–H and O–H groups in total. The van der Waals surface area contributed by atoms with Gasteiger partial charge in [-0.1, -0.05) is 72.6 Å². The third-order valence-electron chi connectivity index (χ3n) is 4.22. The molecule has 0 spiro atoms. The van der Waals surface area contributed by atoms with Crippen LogP contribution in [0.25, 0.3) is 22.3 Å². The Morgan fingerprint density at radius 1 is 0.840 bits per heavy atom. The molecule has 25 heavy (non-hydrogen) atoms. The molecule has 0 aliphatic rings. The minimum Gasteiger partial charge on any atom is -0.518 e. The van der Waals surface area contributed by atoms with Crippen LogP contribution in [0.1, 0.15) is 17.5 Å². The minimum absolute atomic E-state index is 0. The standard InChI is InChI=1S/C23H20F.Y/c1-3-4-5-18-8-12-20(13-9-18)22-15-14-21(16-23(22)24)19-10-6-17(2)7-11-19;/h1,3,6-16H,4-5H2,2H3;/q-1;. The van der Waals surface area contributed by atoms with E-state index in [9.17, 15) is 4.39 Å². The summed E-state index contributed by atoms with van der Waals surface area (Å²) in [5.74, 6) is -0.198. The van der Waals surface area contributed by atoms with E-state index in [1.807, 2.05) is 67.6 Å². The molecule has 3 aromatic rings. The fraction of sp³-hybridized carbons (Fsp3) is 0.130. The van der Waals surface area contributed by atoms with Gasteiger partial charge in [0.1, 0.15) is 5.82 Å². The Labute approximate surface area is 174 Å². The Hall–Kier alpha value is -1.57. The first-order chi connectivity index (χ1) is 11.7. The Morgan fingerprint density at radius 3 is 2.04 bits per heavy atom. The van der Waals surface area contributed by atoms with Crippen molar-refractivity contribution in [2.45, 2.75) is 19.8 Å². The van der Waals surface area contributed by atoms with Crippen LogP contribution in [0.2, 0.25) is 0 Å². The van der Waals surface area contributed by atoms with Crippen molar-refractivity contribution < 1.29 is 37.1 Å². The molecule has 0 fully saturated rings. The normalized spacial score (nSPS) is 10.2. The molecule has 0 atom stereocenters. The molecule has 0 nitrogen and oxygen atoms in total. The Bertz CT molecular complexity index is 833. The van der Waals surface area contributed by atoms with Crippen LogP contribution in [-0.4, -0.2) is 0 Å². The second-order valence-corrected chi connectivity index (χ2v) is 6.03. The van der Waals surface area contributed by atoms with E-state index in [1.54, 1.807) is 12.1 Å². The molecule has 2 heteroatoms. The van der Waals surface area contributed by atoms with Gasteiger partial charge in [-0.15, -0.1) is 0 Å². The van der Waals surface area contributed by atoms with Crippen LogP contribution in [-0.2, 0) is 39.1 Å². The molecule has 123 valence electrons. The quantitative estimate of drug-likeness (QED) is 0.433. The van der Waals surface area contributed by atoms with E-state index in [0.717, 1.165) is 29.5 Å². The molecular formula is C23H20FY-. The van der Waals surface area contributed by atoms with Crippen molar-refractivity contribution in [2.24, 2.45) is 0 Å². The van der Waals surface area contributed by atoms with Gasteiger partial charge in [0.15, 0.2) is 0 Å². The number of halogens is 1. The van der Waals surface area contributed by atoms with Gasteiger partial charge < -0.3 is 6.58 Å². The summed E-state index contributed by atoms with van der Waals surface area (Å²) in [6, 6.07) is 21.6. The molecule has 0 aliphatic heterocycles. The van der Waals surface area contributed by atoms with Crippen molar-refractivity contribution >= 4 is 0 Å². The zero-order valence-electron chi connectivity index (χ0n) is 14.4. The summed E-state index contributed by atoms with van der Waals surface area (Å²) in [6.45, 7) is 7.46. The van der Waals surface area contributed by atoms with Crippen molar-refractivity contribution in [2.75, 3.05) is 0 Å². The fourth-order valence-electron chi connectivity index (χ4n) is 2.78. The predicted octanol–water partition coefficient (Wildman–Crippen LogP) is 6.39. The van der Waals surface area contributed by atoms with E-state index in [4.69, 9.17) is 6.58 Å². The molecule has 0 aromatic heterocycles. The average molecular weight is 404 g/mol. The molecule has 0 heterocycles. The summed E-state index contributed by atoms with van der Waals surface area (Å²) in [5.41, 5.74) is 5.84. The smallest absolute Gasteiger partial charge is 0.131 e. The van der Waals surface area contributed by atoms with Gasteiger partial charge in [-0.2, -0.15) is 0 Å². The third-order valence-corrected chi connectivity index (χ3v) is 4.22. The summed E-state index contributed by atoms with van der Waals surface area (Å²) in [6.07, 6.45) is 3.42. The van der Waals surface area contributed by atoms with Gasteiger partial charge in [-0.25, -0.2) is 4.39 Å². The van der Waals surface area contributed by atoms with Gasteiger partial charge >= 0.3 is 0 Å². The number of benzene rings is 3. The predicted molar refractivity (Wildman–Crippen MR) is 99.2 cm³/mol. The minimum atomic E-state index is -0.198. The van der Waals surface area contributed by atoms with Crippen LogP contribution >= 0.6 is 0 Å². The summed E-state index contributed by atoms with van der Waals surface area (Å²) in [7, 11) is 0. The third kappa shape index (κ3) is 4.97. The molecule has 0 aliphatic carbocycles. The van der Waals surface area contributed by atoms with E-state index in [2.05, 4.69) is 0 Å². The Morgan fingerprint density at radius 2 is 1.44 bits per heavy atom. The van der Waals surface area contributed by atoms with Gasteiger partial charge in [0.2, 0.25) is 0 Å². The zero-order valence-corrected chi connectivity index (χ0v) is 17.2. The van der Waals surface area contributed by atoms with Crippen molar-refractivity contribution in [1.29, 1.82) is 0 Å².